The Kier molecular flexibility index (Phi) is 5.49. The summed E-state index contributed by atoms with van der Waals surface area (Å²) in [5.74, 6) is 1.52. The quantitative estimate of drug-likeness (QED) is 0.661. The van der Waals surface area contributed by atoms with Gasteiger partial charge in [0.25, 0.3) is 0 Å². The number of nitrogens with zero attached hydrogens (tertiary/aromatic N) is 1. The van der Waals surface area contributed by atoms with Crippen molar-refractivity contribution < 1.29 is 9.47 Å². The Hall–Kier alpha value is -2.98. The molecule has 0 unspecified atom stereocenters. The third-order valence-corrected chi connectivity index (χ3v) is 5.32. The molecule has 1 aliphatic rings. The van der Waals surface area contributed by atoms with Crippen LogP contribution < -0.4 is 9.47 Å². The number of nitrogens with one attached hydrogen (secondary N) is 1. The molecule has 4 nitrogen and oxygen atoms in total. The van der Waals surface area contributed by atoms with Gasteiger partial charge in [-0.15, -0.1) is 0 Å². The smallest absolute Gasteiger partial charge is 0.168 e. The third kappa shape index (κ3) is 3.69. The van der Waals surface area contributed by atoms with Crippen LogP contribution >= 0.6 is 0 Å². The van der Waals surface area contributed by atoms with Gasteiger partial charge in [0.05, 0.1) is 14.2 Å². The van der Waals surface area contributed by atoms with Gasteiger partial charge in [-0.25, -0.2) is 0 Å². The Labute approximate surface area is 166 Å². The Bertz CT molecular complexity index is 1000. The SMILES string of the molecule is COc1cc2[nH]ccc2c(C=CCN2CC=C(c3ccccc3)CC2)c1OC. The number of hydrogen-bond acceptors (Lipinski definition) is 3. The van der Waals surface area contributed by atoms with E-state index in [1.54, 1.807) is 14.2 Å². The minimum Gasteiger partial charge on any atom is -0.493 e. The molecule has 0 spiro atoms. The van der Waals surface area contributed by atoms with Crippen molar-refractivity contribution in [1.29, 1.82) is 0 Å². The van der Waals surface area contributed by atoms with Gasteiger partial charge in [-0.3, -0.25) is 4.90 Å². The summed E-state index contributed by atoms with van der Waals surface area (Å²) in [7, 11) is 3.36. The van der Waals surface area contributed by atoms with Crippen LogP contribution in [0.3, 0.4) is 0 Å². The molecule has 28 heavy (non-hydrogen) atoms. The predicted molar refractivity (Wildman–Crippen MR) is 116 cm³/mol. The summed E-state index contributed by atoms with van der Waals surface area (Å²) in [4.78, 5) is 5.71. The maximum atomic E-state index is 5.64. The van der Waals surface area contributed by atoms with E-state index in [4.69, 9.17) is 9.47 Å². The molecule has 1 aliphatic heterocycles. The standard InChI is InChI=1S/C24H26N2O2/c1-27-23-17-22-20(10-13-25-22)21(24(23)28-2)9-6-14-26-15-11-19(12-16-26)18-7-4-3-5-8-18/h3-11,13,17,25H,12,14-16H2,1-2H3. The van der Waals surface area contributed by atoms with Crippen LogP contribution in [-0.4, -0.2) is 43.7 Å². The van der Waals surface area contributed by atoms with Crippen molar-refractivity contribution >= 4 is 22.6 Å². The number of methoxy groups -OCH3 is 2. The van der Waals surface area contributed by atoms with Crippen molar-refractivity contribution in [3.05, 3.63) is 71.9 Å². The maximum Gasteiger partial charge on any atom is 0.168 e. The van der Waals surface area contributed by atoms with E-state index in [-0.39, 0.29) is 0 Å². The topological polar surface area (TPSA) is 37.5 Å². The van der Waals surface area contributed by atoms with Crippen LogP contribution in [0.2, 0.25) is 0 Å². The number of benzene rings is 2. The number of aromatic amines is 1. The fourth-order valence-corrected chi connectivity index (χ4v) is 3.83. The highest BCUT2D eigenvalue weighted by atomic mass is 16.5. The average Bonchev–Trinajstić information content (AvgIpc) is 3.23. The van der Waals surface area contributed by atoms with Crippen LogP contribution in [0.15, 0.2) is 60.8 Å². The summed E-state index contributed by atoms with van der Waals surface area (Å²) >= 11 is 0. The van der Waals surface area contributed by atoms with Crippen LogP contribution in [-0.2, 0) is 0 Å². The molecule has 0 fully saturated rings. The first-order valence-electron chi connectivity index (χ1n) is 9.65. The van der Waals surface area contributed by atoms with Crippen LogP contribution in [0.1, 0.15) is 17.5 Å². The molecule has 0 radical (unpaired) electrons. The monoisotopic (exact) mass is 374 g/mol. The zero-order valence-electron chi connectivity index (χ0n) is 16.4. The second-order valence-electron chi connectivity index (χ2n) is 6.97. The van der Waals surface area contributed by atoms with Crippen LogP contribution in [0.5, 0.6) is 11.5 Å². The molecule has 0 saturated carbocycles. The molecular formula is C24H26N2O2. The second-order valence-corrected chi connectivity index (χ2v) is 6.97. The Balaban J connectivity index is 1.49. The highest BCUT2D eigenvalue weighted by Gasteiger charge is 2.14. The molecule has 2 heterocycles. The third-order valence-electron chi connectivity index (χ3n) is 5.32. The fraction of sp³-hybridized carbons (Fsp3) is 0.250. The van der Waals surface area contributed by atoms with Gasteiger partial charge in [-0.2, -0.15) is 0 Å². The molecule has 1 aromatic heterocycles. The molecule has 0 aliphatic carbocycles. The molecule has 0 saturated heterocycles. The van der Waals surface area contributed by atoms with Crippen molar-refractivity contribution in [2.45, 2.75) is 6.42 Å². The zero-order valence-corrected chi connectivity index (χ0v) is 16.4. The van der Waals surface area contributed by atoms with E-state index in [0.29, 0.717) is 0 Å². The molecule has 4 heteroatoms. The second kappa shape index (κ2) is 8.36. The van der Waals surface area contributed by atoms with E-state index in [0.717, 1.165) is 54.0 Å². The number of aromatic nitrogens is 1. The van der Waals surface area contributed by atoms with Crippen LogP contribution in [0.4, 0.5) is 0 Å². The summed E-state index contributed by atoms with van der Waals surface area (Å²) < 4.78 is 11.1. The van der Waals surface area contributed by atoms with E-state index in [9.17, 15) is 0 Å². The van der Waals surface area contributed by atoms with Crippen molar-refractivity contribution in [3.8, 4) is 11.5 Å². The van der Waals surface area contributed by atoms with Gasteiger partial charge in [0.15, 0.2) is 11.5 Å². The van der Waals surface area contributed by atoms with Gasteiger partial charge in [0.2, 0.25) is 0 Å². The Morgan fingerprint density at radius 1 is 1.11 bits per heavy atom. The lowest BCUT2D eigenvalue weighted by atomic mass is 9.99. The fourth-order valence-electron chi connectivity index (χ4n) is 3.83. The first-order chi connectivity index (χ1) is 13.8. The molecule has 2 aromatic carbocycles. The molecular weight excluding hydrogens is 348 g/mol. The summed E-state index contributed by atoms with van der Waals surface area (Å²) in [5, 5.41) is 1.14. The Morgan fingerprint density at radius 2 is 1.96 bits per heavy atom. The zero-order chi connectivity index (χ0) is 19.3. The maximum absolute atomic E-state index is 5.64. The van der Waals surface area contributed by atoms with Crippen molar-refractivity contribution in [2.75, 3.05) is 33.9 Å². The summed E-state index contributed by atoms with van der Waals surface area (Å²) in [6, 6.07) is 14.7. The van der Waals surface area contributed by atoms with E-state index in [1.807, 2.05) is 12.3 Å². The van der Waals surface area contributed by atoms with E-state index in [1.165, 1.54) is 11.1 Å². The highest BCUT2D eigenvalue weighted by Crippen LogP contribution is 2.38. The van der Waals surface area contributed by atoms with Crippen molar-refractivity contribution in [3.63, 3.8) is 0 Å². The summed E-state index contributed by atoms with van der Waals surface area (Å²) in [6.45, 7) is 2.95. The predicted octanol–water partition coefficient (Wildman–Crippen LogP) is 4.99. The summed E-state index contributed by atoms with van der Waals surface area (Å²) in [6.07, 6.45) is 9.74. The van der Waals surface area contributed by atoms with Crippen molar-refractivity contribution in [2.24, 2.45) is 0 Å². The van der Waals surface area contributed by atoms with E-state index < -0.39 is 0 Å². The number of rotatable bonds is 6. The highest BCUT2D eigenvalue weighted by molar-refractivity contribution is 5.93. The first-order valence-corrected chi connectivity index (χ1v) is 9.65. The lowest BCUT2D eigenvalue weighted by Gasteiger charge is -2.25. The largest absolute Gasteiger partial charge is 0.493 e. The molecule has 144 valence electrons. The normalized spacial score (nSPS) is 15.1. The minimum atomic E-state index is 0.741. The van der Waals surface area contributed by atoms with Gasteiger partial charge in [-0.1, -0.05) is 48.6 Å². The molecule has 3 aromatic rings. The molecule has 4 rings (SSSR count). The number of H-pyrrole nitrogens is 1. The van der Waals surface area contributed by atoms with Gasteiger partial charge in [0, 0.05) is 48.4 Å². The lowest BCUT2D eigenvalue weighted by Crippen LogP contribution is -2.28. The van der Waals surface area contributed by atoms with E-state index >= 15 is 0 Å². The van der Waals surface area contributed by atoms with Crippen LogP contribution in [0.25, 0.3) is 22.6 Å². The molecule has 0 bridgehead atoms. The Morgan fingerprint density at radius 3 is 2.68 bits per heavy atom. The van der Waals surface area contributed by atoms with Gasteiger partial charge >= 0.3 is 0 Å². The molecule has 1 N–H and O–H groups in total. The summed E-state index contributed by atoms with van der Waals surface area (Å²) in [5.41, 5.74) is 4.89. The average molecular weight is 374 g/mol. The first kappa shape index (κ1) is 18.4. The van der Waals surface area contributed by atoms with Crippen molar-refractivity contribution in [1.82, 2.24) is 9.88 Å². The van der Waals surface area contributed by atoms with Gasteiger partial charge in [-0.05, 0) is 23.6 Å². The van der Waals surface area contributed by atoms with Gasteiger partial charge < -0.3 is 14.5 Å². The number of fused-ring (bicyclic) bond motifs is 1. The van der Waals surface area contributed by atoms with Gasteiger partial charge in [0.1, 0.15) is 0 Å². The minimum absolute atomic E-state index is 0.741. The number of ether oxygens (including phenoxy) is 2. The van der Waals surface area contributed by atoms with E-state index in [2.05, 4.69) is 64.5 Å². The lowest BCUT2D eigenvalue weighted by molar-refractivity contribution is 0.335. The molecule has 0 amide bonds. The molecule has 0 atom stereocenters. The number of hydrogen-bond donors (Lipinski definition) is 1. The van der Waals surface area contributed by atoms with Crippen LogP contribution in [0, 0.1) is 0 Å².